The molecule has 0 aromatic carbocycles. The number of amides is 2. The molecule has 2 amide bonds. The van der Waals surface area contributed by atoms with Gasteiger partial charge in [0.1, 0.15) is 0 Å². The van der Waals surface area contributed by atoms with E-state index in [1.807, 2.05) is 0 Å². The van der Waals surface area contributed by atoms with Gasteiger partial charge in [0.05, 0.1) is 6.54 Å². The molecule has 0 heterocycles. The lowest BCUT2D eigenvalue weighted by molar-refractivity contribution is -0.137. The second-order valence-corrected chi connectivity index (χ2v) is 7.03. The average Bonchev–Trinajstić information content (AvgIpc) is 2.28. The molecule has 0 fully saturated rings. The Kier molecular flexibility index (Phi) is 8.53. The number of carbonyl (C=O) groups is 2. The Labute approximate surface area is 129 Å². The highest BCUT2D eigenvalue weighted by atomic mass is 79.9. The van der Waals surface area contributed by atoms with E-state index in [2.05, 4.69) is 53.9 Å². The number of urea groups is 1. The molecule has 0 radical (unpaired) electrons. The Morgan fingerprint density at radius 1 is 1.25 bits per heavy atom. The summed E-state index contributed by atoms with van der Waals surface area (Å²) in [7, 11) is 0. The van der Waals surface area contributed by atoms with Crippen molar-refractivity contribution < 1.29 is 14.7 Å². The third-order valence-electron chi connectivity index (χ3n) is 3.15. The highest BCUT2D eigenvalue weighted by molar-refractivity contribution is 9.11. The first-order chi connectivity index (χ1) is 9.12. The smallest absolute Gasteiger partial charge is 0.315 e. The number of rotatable bonds is 8. The Morgan fingerprint density at radius 3 is 2.30 bits per heavy atom. The lowest BCUT2D eigenvalue weighted by Crippen LogP contribution is -2.38. The van der Waals surface area contributed by atoms with E-state index in [0.29, 0.717) is 24.0 Å². The van der Waals surface area contributed by atoms with Crippen molar-refractivity contribution in [3.63, 3.8) is 0 Å². The van der Waals surface area contributed by atoms with E-state index in [0.717, 1.165) is 6.42 Å². The molecule has 116 valence electrons. The van der Waals surface area contributed by atoms with Crippen molar-refractivity contribution in [3.8, 4) is 0 Å². The summed E-state index contributed by atoms with van der Waals surface area (Å²) < 4.78 is 0.710. The topological polar surface area (TPSA) is 78.4 Å². The summed E-state index contributed by atoms with van der Waals surface area (Å²) >= 11 is 3.16. The first-order valence-electron chi connectivity index (χ1n) is 6.69. The highest BCUT2D eigenvalue weighted by Gasteiger charge is 2.24. The normalized spacial score (nSPS) is 12.6. The van der Waals surface area contributed by atoms with E-state index in [-0.39, 0.29) is 23.8 Å². The summed E-state index contributed by atoms with van der Waals surface area (Å²) in [6, 6.07) is -0.239. The minimum atomic E-state index is -0.777. The van der Waals surface area contributed by atoms with Crippen molar-refractivity contribution in [2.24, 2.45) is 11.3 Å². The molecule has 0 bridgehead atoms. The second kappa shape index (κ2) is 9.00. The molecule has 0 aromatic rings. The average molecular weight is 349 g/mol. The van der Waals surface area contributed by atoms with Gasteiger partial charge in [-0.05, 0) is 24.2 Å². The minimum absolute atomic E-state index is 0.0255. The zero-order valence-electron chi connectivity index (χ0n) is 12.5. The number of nitrogens with one attached hydrogen (secondary N) is 2. The molecule has 0 saturated heterocycles. The molecule has 20 heavy (non-hydrogen) atoms. The van der Waals surface area contributed by atoms with Crippen LogP contribution in [0, 0.1) is 11.3 Å². The van der Waals surface area contributed by atoms with Crippen LogP contribution in [0.3, 0.4) is 0 Å². The SMILES string of the molecule is C=C(Br)CNC(=O)NCCC(CCC(=O)O)C(C)(C)C. The molecule has 1 unspecified atom stereocenters. The van der Waals surface area contributed by atoms with Gasteiger partial charge in [0, 0.05) is 17.4 Å². The van der Waals surface area contributed by atoms with Gasteiger partial charge in [-0.15, -0.1) is 0 Å². The molecule has 3 N–H and O–H groups in total. The second-order valence-electron chi connectivity index (χ2n) is 5.91. The largest absolute Gasteiger partial charge is 0.481 e. The Hall–Kier alpha value is -1.04. The maximum absolute atomic E-state index is 11.5. The Bertz CT molecular complexity index is 351. The monoisotopic (exact) mass is 348 g/mol. The molecule has 0 saturated carbocycles. The van der Waals surface area contributed by atoms with Crippen LogP contribution in [0.15, 0.2) is 11.1 Å². The fourth-order valence-corrected chi connectivity index (χ4v) is 2.05. The number of carboxylic acids is 1. The van der Waals surface area contributed by atoms with E-state index in [1.54, 1.807) is 0 Å². The van der Waals surface area contributed by atoms with Crippen molar-refractivity contribution >= 4 is 27.9 Å². The molecular weight excluding hydrogens is 324 g/mol. The lowest BCUT2D eigenvalue weighted by atomic mass is 9.76. The van der Waals surface area contributed by atoms with Crippen LogP contribution in [-0.4, -0.2) is 30.2 Å². The van der Waals surface area contributed by atoms with Crippen LogP contribution in [-0.2, 0) is 4.79 Å². The van der Waals surface area contributed by atoms with Gasteiger partial charge < -0.3 is 15.7 Å². The quantitative estimate of drug-likeness (QED) is 0.630. The molecule has 0 spiro atoms. The van der Waals surface area contributed by atoms with Gasteiger partial charge in [0.15, 0.2) is 0 Å². The zero-order valence-corrected chi connectivity index (χ0v) is 14.0. The van der Waals surface area contributed by atoms with Gasteiger partial charge in [0.2, 0.25) is 0 Å². The Morgan fingerprint density at radius 2 is 1.85 bits per heavy atom. The van der Waals surface area contributed by atoms with Gasteiger partial charge in [-0.2, -0.15) is 0 Å². The van der Waals surface area contributed by atoms with Crippen LogP contribution in [0.1, 0.15) is 40.0 Å². The predicted molar refractivity (Wildman–Crippen MR) is 83.9 cm³/mol. The van der Waals surface area contributed by atoms with Crippen molar-refractivity contribution in [3.05, 3.63) is 11.1 Å². The first kappa shape index (κ1) is 19.0. The fourth-order valence-electron chi connectivity index (χ4n) is 1.91. The standard InChI is InChI=1S/C14H25BrN2O3/c1-10(15)9-17-13(20)16-8-7-11(14(2,3)4)5-6-12(18)19/h11H,1,5-9H2,2-4H3,(H,18,19)(H2,16,17,20). The third-order valence-corrected chi connectivity index (χ3v) is 3.43. The molecule has 0 aliphatic carbocycles. The van der Waals surface area contributed by atoms with Crippen LogP contribution in [0.2, 0.25) is 0 Å². The molecule has 1 atom stereocenters. The summed E-state index contributed by atoms with van der Waals surface area (Å²) in [5.74, 6) is -0.522. The molecular formula is C14H25BrN2O3. The predicted octanol–water partition coefficient (Wildman–Crippen LogP) is 3.11. The van der Waals surface area contributed by atoms with Crippen molar-refractivity contribution in [2.45, 2.75) is 40.0 Å². The van der Waals surface area contributed by atoms with Gasteiger partial charge in [-0.3, -0.25) is 4.79 Å². The first-order valence-corrected chi connectivity index (χ1v) is 7.49. The maximum Gasteiger partial charge on any atom is 0.315 e. The van der Waals surface area contributed by atoms with E-state index < -0.39 is 5.97 Å². The fraction of sp³-hybridized carbons (Fsp3) is 0.714. The number of hydrogen-bond acceptors (Lipinski definition) is 2. The number of hydrogen-bond donors (Lipinski definition) is 3. The number of aliphatic carboxylic acids is 1. The molecule has 6 heteroatoms. The Balaban J connectivity index is 4.10. The van der Waals surface area contributed by atoms with Crippen molar-refractivity contribution in [2.75, 3.05) is 13.1 Å². The van der Waals surface area contributed by atoms with E-state index in [9.17, 15) is 9.59 Å². The number of carbonyl (C=O) groups excluding carboxylic acids is 1. The van der Waals surface area contributed by atoms with Gasteiger partial charge in [-0.1, -0.05) is 43.3 Å². The summed E-state index contributed by atoms with van der Waals surface area (Å²) in [5, 5.41) is 14.2. The van der Waals surface area contributed by atoms with Crippen LogP contribution in [0.4, 0.5) is 4.79 Å². The molecule has 5 nitrogen and oxygen atoms in total. The van der Waals surface area contributed by atoms with Crippen LogP contribution in [0.5, 0.6) is 0 Å². The summed E-state index contributed by atoms with van der Waals surface area (Å²) in [5.41, 5.74) is 0.0255. The summed E-state index contributed by atoms with van der Waals surface area (Å²) in [4.78, 5) is 22.1. The van der Waals surface area contributed by atoms with Crippen molar-refractivity contribution in [1.82, 2.24) is 10.6 Å². The summed E-state index contributed by atoms with van der Waals surface area (Å²) in [6.45, 7) is 10.8. The van der Waals surface area contributed by atoms with Gasteiger partial charge in [-0.25, -0.2) is 4.79 Å². The minimum Gasteiger partial charge on any atom is -0.481 e. The zero-order chi connectivity index (χ0) is 15.8. The molecule has 0 aliphatic rings. The van der Waals surface area contributed by atoms with E-state index in [1.165, 1.54) is 0 Å². The van der Waals surface area contributed by atoms with E-state index in [4.69, 9.17) is 5.11 Å². The van der Waals surface area contributed by atoms with E-state index >= 15 is 0 Å². The van der Waals surface area contributed by atoms with Gasteiger partial charge in [0.25, 0.3) is 0 Å². The van der Waals surface area contributed by atoms with Crippen LogP contribution in [0.25, 0.3) is 0 Å². The number of carboxylic acid groups (broad SMARTS) is 1. The highest BCUT2D eigenvalue weighted by Crippen LogP contribution is 2.32. The van der Waals surface area contributed by atoms with Crippen LogP contribution < -0.4 is 10.6 Å². The van der Waals surface area contributed by atoms with Crippen LogP contribution >= 0.6 is 15.9 Å². The maximum atomic E-state index is 11.5. The lowest BCUT2D eigenvalue weighted by Gasteiger charge is -2.30. The molecule has 0 rings (SSSR count). The molecule has 0 aromatic heterocycles. The third kappa shape index (κ3) is 9.83. The molecule has 0 aliphatic heterocycles. The summed E-state index contributed by atoms with van der Waals surface area (Å²) in [6.07, 6.45) is 1.55. The van der Waals surface area contributed by atoms with Crippen molar-refractivity contribution in [1.29, 1.82) is 0 Å². The number of halogens is 1. The van der Waals surface area contributed by atoms with Gasteiger partial charge >= 0.3 is 12.0 Å².